The van der Waals surface area contributed by atoms with Gasteiger partial charge in [-0.3, -0.25) is 9.97 Å². The third-order valence-corrected chi connectivity index (χ3v) is 15.6. The van der Waals surface area contributed by atoms with Gasteiger partial charge in [-0.1, -0.05) is 115 Å². The minimum Gasteiger partial charge on any atom is -0.457 e. The number of aromatic nitrogens is 5. The van der Waals surface area contributed by atoms with Gasteiger partial charge in [0.25, 0.3) is 0 Å². The van der Waals surface area contributed by atoms with Gasteiger partial charge in [0.1, 0.15) is 11.5 Å². The maximum atomic E-state index is 7.75. The van der Waals surface area contributed by atoms with Crippen LogP contribution in [0.5, 0.6) is 11.5 Å². The molecule has 338 valence electrons. The Labute approximate surface area is 418 Å². The summed E-state index contributed by atoms with van der Waals surface area (Å²) >= 11 is 0. The summed E-state index contributed by atoms with van der Waals surface area (Å²) in [5.41, 5.74) is 17.9. The smallest absolute Gasteiger partial charge is 0.188 e. The SMILES string of the molecule is [C-]#[N+]c1ccc2c(c1)c1ccccc1n2-c1ccc2c(c1)Oc1ccc(-c3ccc4c(c3)c3ccccc3n4-c3cccc(-n4c5ccccc5c5ccccc54)c3)cc1C21c2cccnc2-c2ncccc21. The van der Waals surface area contributed by atoms with E-state index in [4.69, 9.17) is 21.3 Å². The minimum atomic E-state index is -0.780. The van der Waals surface area contributed by atoms with Crippen LogP contribution in [0.2, 0.25) is 0 Å². The first kappa shape index (κ1) is 39.8. The summed E-state index contributed by atoms with van der Waals surface area (Å²) < 4.78 is 14.2. The lowest BCUT2D eigenvalue weighted by Gasteiger charge is -2.39. The van der Waals surface area contributed by atoms with Gasteiger partial charge in [-0.05, 0) is 125 Å². The van der Waals surface area contributed by atoms with E-state index < -0.39 is 5.41 Å². The first-order chi connectivity index (χ1) is 36.2. The highest BCUT2D eigenvalue weighted by atomic mass is 16.5. The molecule has 9 aromatic carbocycles. The van der Waals surface area contributed by atoms with Gasteiger partial charge in [-0.2, -0.15) is 0 Å². The number of rotatable bonds is 4. The predicted molar refractivity (Wildman–Crippen MR) is 294 cm³/mol. The Hall–Kier alpha value is -10.0. The van der Waals surface area contributed by atoms with E-state index in [-0.39, 0.29) is 0 Å². The molecular formula is C66H38N6O. The van der Waals surface area contributed by atoms with Crippen LogP contribution >= 0.6 is 0 Å². The van der Waals surface area contributed by atoms with Crippen molar-refractivity contribution in [2.75, 3.05) is 0 Å². The number of hydrogen-bond acceptors (Lipinski definition) is 3. The average Bonchev–Trinajstić information content (AvgIpc) is 4.17. The summed E-state index contributed by atoms with van der Waals surface area (Å²) in [6.07, 6.45) is 3.73. The quantitative estimate of drug-likeness (QED) is 0.165. The largest absolute Gasteiger partial charge is 0.457 e. The van der Waals surface area contributed by atoms with E-state index in [1.165, 1.54) is 32.6 Å². The third-order valence-electron chi connectivity index (χ3n) is 15.6. The zero-order valence-electron chi connectivity index (χ0n) is 39.0. The monoisotopic (exact) mass is 930 g/mol. The molecule has 73 heavy (non-hydrogen) atoms. The highest BCUT2D eigenvalue weighted by molar-refractivity contribution is 6.12. The third kappa shape index (κ3) is 5.36. The maximum absolute atomic E-state index is 7.75. The molecule has 0 unspecified atom stereocenters. The van der Waals surface area contributed by atoms with Crippen molar-refractivity contribution >= 4 is 71.1 Å². The average molecular weight is 931 g/mol. The van der Waals surface area contributed by atoms with Crippen molar-refractivity contribution in [1.29, 1.82) is 0 Å². The lowest BCUT2D eigenvalue weighted by atomic mass is 9.66. The van der Waals surface area contributed by atoms with Crippen molar-refractivity contribution in [1.82, 2.24) is 23.7 Å². The first-order valence-electron chi connectivity index (χ1n) is 24.6. The topological polar surface area (TPSA) is 54.2 Å². The van der Waals surface area contributed by atoms with Crippen LogP contribution in [0.25, 0.3) is 110 Å². The summed E-state index contributed by atoms with van der Waals surface area (Å²) in [6, 6.07) is 78.1. The van der Waals surface area contributed by atoms with Crippen LogP contribution in [0.1, 0.15) is 22.3 Å². The second-order valence-electron chi connectivity index (χ2n) is 19.2. The van der Waals surface area contributed by atoms with Gasteiger partial charge in [-0.15, -0.1) is 0 Å². The molecule has 14 aromatic rings. The number of hydrogen-bond donors (Lipinski definition) is 0. The fraction of sp³-hybridized carbons (Fsp3) is 0.0152. The Morgan fingerprint density at radius 1 is 0.356 bits per heavy atom. The molecular weight excluding hydrogens is 893 g/mol. The predicted octanol–water partition coefficient (Wildman–Crippen LogP) is 16.5. The molecule has 5 aromatic heterocycles. The Balaban J connectivity index is 0.872. The number of benzene rings is 9. The van der Waals surface area contributed by atoms with E-state index in [0.29, 0.717) is 5.69 Å². The normalized spacial score (nSPS) is 13.1. The van der Waals surface area contributed by atoms with Crippen molar-refractivity contribution in [2.24, 2.45) is 0 Å². The fourth-order valence-electron chi connectivity index (χ4n) is 12.6. The Morgan fingerprint density at radius 2 is 0.849 bits per heavy atom. The van der Waals surface area contributed by atoms with Crippen LogP contribution in [0.4, 0.5) is 5.69 Å². The summed E-state index contributed by atoms with van der Waals surface area (Å²) in [6.45, 7) is 7.75. The molecule has 0 amide bonds. The number of nitrogens with zero attached hydrogens (tertiary/aromatic N) is 6. The molecule has 7 nitrogen and oxygen atoms in total. The summed E-state index contributed by atoms with van der Waals surface area (Å²) in [4.78, 5) is 13.8. The lowest BCUT2D eigenvalue weighted by molar-refractivity contribution is 0.436. The van der Waals surface area contributed by atoms with E-state index in [1.807, 2.05) is 36.7 Å². The number of pyridine rings is 2. The van der Waals surface area contributed by atoms with Crippen molar-refractivity contribution in [2.45, 2.75) is 5.41 Å². The second kappa shape index (κ2) is 14.8. The van der Waals surface area contributed by atoms with Crippen LogP contribution in [-0.4, -0.2) is 23.7 Å². The van der Waals surface area contributed by atoms with E-state index in [1.54, 1.807) is 0 Å². The van der Waals surface area contributed by atoms with Crippen molar-refractivity contribution in [3.63, 3.8) is 0 Å². The number of para-hydroxylation sites is 4. The molecule has 16 rings (SSSR count). The molecule has 0 saturated carbocycles. The molecule has 0 bridgehead atoms. The van der Waals surface area contributed by atoms with Gasteiger partial charge in [-0.25, -0.2) is 4.85 Å². The molecule has 1 aliphatic heterocycles. The van der Waals surface area contributed by atoms with Gasteiger partial charge in [0, 0.05) is 73.6 Å². The molecule has 2 aliphatic rings. The molecule has 0 saturated heterocycles. The molecule has 0 atom stereocenters. The molecule has 7 heteroatoms. The second-order valence-corrected chi connectivity index (χ2v) is 19.2. The van der Waals surface area contributed by atoms with Gasteiger partial charge >= 0.3 is 0 Å². The zero-order valence-corrected chi connectivity index (χ0v) is 39.0. The molecule has 1 spiro atoms. The summed E-state index contributed by atoms with van der Waals surface area (Å²) in [7, 11) is 0. The van der Waals surface area contributed by atoms with E-state index in [9.17, 15) is 0 Å². The molecule has 1 aliphatic carbocycles. The van der Waals surface area contributed by atoms with Crippen LogP contribution < -0.4 is 4.74 Å². The van der Waals surface area contributed by atoms with Crippen LogP contribution in [0.3, 0.4) is 0 Å². The van der Waals surface area contributed by atoms with Crippen molar-refractivity contribution < 1.29 is 4.74 Å². The Morgan fingerprint density at radius 3 is 1.44 bits per heavy atom. The summed E-state index contributed by atoms with van der Waals surface area (Å²) in [5, 5.41) is 7.00. The number of ether oxygens (including phenoxy) is 1. The van der Waals surface area contributed by atoms with Crippen molar-refractivity contribution in [3.8, 4) is 51.1 Å². The van der Waals surface area contributed by atoms with E-state index in [2.05, 4.69) is 213 Å². The van der Waals surface area contributed by atoms with Gasteiger partial charge in [0.05, 0.1) is 56.5 Å². The fourth-order valence-corrected chi connectivity index (χ4v) is 12.6. The Kier molecular flexibility index (Phi) is 8.04. The molecule has 6 heterocycles. The van der Waals surface area contributed by atoms with Crippen LogP contribution in [0, 0.1) is 6.57 Å². The van der Waals surface area contributed by atoms with Crippen molar-refractivity contribution in [3.05, 3.63) is 264 Å². The zero-order chi connectivity index (χ0) is 47.9. The standard InChI is InChI=1S/C66H38N6O/c1-67-42-27-31-61-51(37-42)49-18-5-9-24-59(49)72(61)45-28-29-52-63(39-45)73-62-32-26-41(36-55(62)66(52)53-19-11-33-68-64(53)65-54(66)20-12-34-69-65)40-25-30-60-50(35-40)48-17-4-8-23-58(48)71(60)44-14-10-13-43(38-44)70-56-21-6-2-15-46(56)47-16-3-7-22-57(47)70/h2-39H. The first-order valence-corrected chi connectivity index (χ1v) is 24.6. The minimum absolute atomic E-state index is 0.618. The molecule has 0 N–H and O–H groups in total. The molecule has 0 fully saturated rings. The van der Waals surface area contributed by atoms with Crippen LogP contribution in [0.15, 0.2) is 231 Å². The van der Waals surface area contributed by atoms with Gasteiger partial charge in [0.2, 0.25) is 0 Å². The van der Waals surface area contributed by atoms with Crippen LogP contribution in [-0.2, 0) is 5.41 Å². The molecule has 0 radical (unpaired) electrons. The number of fused-ring (bicyclic) bond motifs is 18. The van der Waals surface area contributed by atoms with E-state index in [0.717, 1.165) is 106 Å². The summed E-state index contributed by atoms with van der Waals surface area (Å²) in [5.74, 6) is 1.55. The Bertz CT molecular complexity index is 4660. The lowest BCUT2D eigenvalue weighted by Crippen LogP contribution is -2.32. The highest BCUT2D eigenvalue weighted by Crippen LogP contribution is 2.62. The maximum Gasteiger partial charge on any atom is 0.188 e. The van der Waals surface area contributed by atoms with Gasteiger partial charge in [0.15, 0.2) is 5.69 Å². The highest BCUT2D eigenvalue weighted by Gasteiger charge is 2.52. The van der Waals surface area contributed by atoms with Gasteiger partial charge < -0.3 is 18.4 Å². The van der Waals surface area contributed by atoms with E-state index >= 15 is 0 Å².